The van der Waals surface area contributed by atoms with Crippen molar-refractivity contribution in [3.05, 3.63) is 23.8 Å². The van der Waals surface area contributed by atoms with E-state index in [0.717, 1.165) is 37.9 Å². The number of anilines is 2. The zero-order valence-electron chi connectivity index (χ0n) is 10.9. The first-order valence-corrected chi connectivity index (χ1v) is 6.67. The van der Waals surface area contributed by atoms with Crippen LogP contribution in [0, 0.1) is 5.92 Å². The molecule has 2 rings (SSSR count). The standard InChI is InChI=1S/C14H21N3O2/c15-12-7-10(14(16)19)4-5-13(12)17-8-9-2-1-3-11(18)6-9/h4-5,7,9,11,17-18H,1-3,6,8,15H2,(H2,16,19). The van der Waals surface area contributed by atoms with Crippen LogP contribution in [0.25, 0.3) is 0 Å². The summed E-state index contributed by atoms with van der Waals surface area (Å²) in [5, 5.41) is 12.9. The van der Waals surface area contributed by atoms with E-state index in [0.29, 0.717) is 17.2 Å². The van der Waals surface area contributed by atoms with E-state index in [-0.39, 0.29) is 6.10 Å². The Morgan fingerprint density at radius 1 is 1.42 bits per heavy atom. The zero-order chi connectivity index (χ0) is 13.8. The van der Waals surface area contributed by atoms with Crippen molar-refractivity contribution in [2.75, 3.05) is 17.6 Å². The molecule has 0 heterocycles. The summed E-state index contributed by atoms with van der Waals surface area (Å²) in [6.45, 7) is 0.789. The van der Waals surface area contributed by atoms with E-state index in [1.807, 2.05) is 0 Å². The molecule has 19 heavy (non-hydrogen) atoms. The molecule has 1 aliphatic rings. The first-order valence-electron chi connectivity index (χ1n) is 6.67. The highest BCUT2D eigenvalue weighted by Crippen LogP contribution is 2.26. The maximum absolute atomic E-state index is 11.0. The summed E-state index contributed by atoms with van der Waals surface area (Å²) in [7, 11) is 0. The van der Waals surface area contributed by atoms with E-state index in [1.54, 1.807) is 18.2 Å². The van der Waals surface area contributed by atoms with Gasteiger partial charge in [-0.05, 0) is 43.4 Å². The number of primary amides is 1. The number of nitrogens with two attached hydrogens (primary N) is 2. The quantitative estimate of drug-likeness (QED) is 0.615. The lowest BCUT2D eigenvalue weighted by atomic mass is 9.87. The molecule has 1 saturated carbocycles. The Labute approximate surface area is 113 Å². The molecule has 0 aliphatic heterocycles. The third-order valence-electron chi connectivity index (χ3n) is 3.67. The number of hydrogen-bond acceptors (Lipinski definition) is 4. The smallest absolute Gasteiger partial charge is 0.248 e. The monoisotopic (exact) mass is 263 g/mol. The lowest BCUT2D eigenvalue weighted by molar-refractivity contribution is 0.0999. The Morgan fingerprint density at radius 3 is 2.84 bits per heavy atom. The van der Waals surface area contributed by atoms with Crippen LogP contribution in [0.4, 0.5) is 11.4 Å². The number of aliphatic hydroxyl groups excluding tert-OH is 1. The van der Waals surface area contributed by atoms with Crippen LogP contribution in [0.3, 0.4) is 0 Å². The van der Waals surface area contributed by atoms with Gasteiger partial charge >= 0.3 is 0 Å². The molecular formula is C14H21N3O2. The van der Waals surface area contributed by atoms with Crippen LogP contribution >= 0.6 is 0 Å². The van der Waals surface area contributed by atoms with Crippen LogP contribution < -0.4 is 16.8 Å². The first-order chi connectivity index (χ1) is 9.06. The fraction of sp³-hybridized carbons (Fsp3) is 0.500. The molecule has 0 saturated heterocycles. The average Bonchev–Trinajstić information content (AvgIpc) is 2.37. The number of hydrogen-bond donors (Lipinski definition) is 4. The van der Waals surface area contributed by atoms with Crippen LogP contribution in [-0.4, -0.2) is 23.7 Å². The van der Waals surface area contributed by atoms with Crippen LogP contribution in [0.5, 0.6) is 0 Å². The Kier molecular flexibility index (Phi) is 4.27. The summed E-state index contributed by atoms with van der Waals surface area (Å²) in [6.07, 6.45) is 3.78. The fourth-order valence-corrected chi connectivity index (χ4v) is 2.58. The van der Waals surface area contributed by atoms with Gasteiger partial charge in [0.1, 0.15) is 0 Å². The maximum atomic E-state index is 11.0. The summed E-state index contributed by atoms with van der Waals surface area (Å²) in [5.74, 6) is -0.00683. The van der Waals surface area contributed by atoms with Gasteiger partial charge in [-0.25, -0.2) is 0 Å². The number of nitrogen functional groups attached to an aromatic ring is 1. The number of carbonyl (C=O) groups excluding carboxylic acids is 1. The second-order valence-corrected chi connectivity index (χ2v) is 5.23. The molecule has 0 bridgehead atoms. The van der Waals surface area contributed by atoms with Crippen LogP contribution in [0.1, 0.15) is 36.0 Å². The Morgan fingerprint density at radius 2 is 2.21 bits per heavy atom. The normalized spacial score (nSPS) is 23.0. The molecule has 2 unspecified atom stereocenters. The molecule has 6 N–H and O–H groups in total. The number of nitrogens with one attached hydrogen (secondary N) is 1. The fourth-order valence-electron chi connectivity index (χ4n) is 2.58. The molecular weight excluding hydrogens is 242 g/mol. The Hall–Kier alpha value is -1.75. The van der Waals surface area contributed by atoms with Gasteiger partial charge in [0.15, 0.2) is 0 Å². The number of carbonyl (C=O) groups is 1. The molecule has 5 heteroatoms. The molecule has 0 radical (unpaired) electrons. The van der Waals surface area contributed by atoms with E-state index >= 15 is 0 Å². The minimum absolute atomic E-state index is 0.171. The number of rotatable bonds is 4. The van der Waals surface area contributed by atoms with Crippen LogP contribution in [-0.2, 0) is 0 Å². The third-order valence-corrected chi connectivity index (χ3v) is 3.67. The minimum Gasteiger partial charge on any atom is -0.397 e. The zero-order valence-corrected chi connectivity index (χ0v) is 10.9. The van der Waals surface area contributed by atoms with Gasteiger partial charge in [-0.2, -0.15) is 0 Å². The van der Waals surface area contributed by atoms with Gasteiger partial charge < -0.3 is 21.9 Å². The maximum Gasteiger partial charge on any atom is 0.248 e. The van der Waals surface area contributed by atoms with Crippen molar-refractivity contribution in [1.82, 2.24) is 0 Å². The molecule has 0 aromatic heterocycles. The molecule has 5 nitrogen and oxygen atoms in total. The minimum atomic E-state index is -0.478. The summed E-state index contributed by atoms with van der Waals surface area (Å²) < 4.78 is 0. The lowest BCUT2D eigenvalue weighted by Crippen LogP contribution is -2.25. The summed E-state index contributed by atoms with van der Waals surface area (Å²) in [5.41, 5.74) is 12.8. The van der Waals surface area contributed by atoms with Gasteiger partial charge in [0.05, 0.1) is 17.5 Å². The van der Waals surface area contributed by atoms with E-state index in [9.17, 15) is 9.90 Å². The second-order valence-electron chi connectivity index (χ2n) is 5.23. The number of aliphatic hydroxyl groups is 1. The predicted molar refractivity (Wildman–Crippen MR) is 75.8 cm³/mol. The molecule has 1 fully saturated rings. The Bertz CT molecular complexity index is 462. The van der Waals surface area contributed by atoms with Gasteiger partial charge in [0, 0.05) is 12.1 Å². The van der Waals surface area contributed by atoms with Gasteiger partial charge in [-0.3, -0.25) is 4.79 Å². The van der Waals surface area contributed by atoms with Crippen LogP contribution in [0.15, 0.2) is 18.2 Å². The summed E-state index contributed by atoms with van der Waals surface area (Å²) >= 11 is 0. The average molecular weight is 263 g/mol. The number of amides is 1. The van der Waals surface area contributed by atoms with Crippen molar-refractivity contribution in [1.29, 1.82) is 0 Å². The van der Waals surface area contributed by atoms with Crippen molar-refractivity contribution in [3.8, 4) is 0 Å². The van der Waals surface area contributed by atoms with Crippen molar-refractivity contribution < 1.29 is 9.90 Å². The summed E-state index contributed by atoms with van der Waals surface area (Å²) in [6, 6.07) is 5.02. The molecule has 1 aromatic rings. The largest absolute Gasteiger partial charge is 0.397 e. The first kappa shape index (κ1) is 13.7. The van der Waals surface area contributed by atoms with E-state index in [2.05, 4.69) is 5.32 Å². The number of benzene rings is 1. The molecule has 1 aliphatic carbocycles. The van der Waals surface area contributed by atoms with Crippen molar-refractivity contribution in [2.45, 2.75) is 31.8 Å². The van der Waals surface area contributed by atoms with Gasteiger partial charge in [-0.1, -0.05) is 6.42 Å². The second kappa shape index (κ2) is 5.93. The molecule has 104 valence electrons. The summed E-state index contributed by atoms with van der Waals surface area (Å²) in [4.78, 5) is 11.0. The van der Waals surface area contributed by atoms with E-state index in [4.69, 9.17) is 11.5 Å². The highest BCUT2D eigenvalue weighted by molar-refractivity contribution is 5.94. The van der Waals surface area contributed by atoms with Gasteiger partial charge in [0.2, 0.25) is 5.91 Å². The van der Waals surface area contributed by atoms with Crippen LogP contribution in [0.2, 0.25) is 0 Å². The molecule has 1 amide bonds. The SMILES string of the molecule is NC(=O)c1ccc(NCC2CCCC(O)C2)c(N)c1. The molecule has 2 atom stereocenters. The van der Waals surface area contributed by atoms with Gasteiger partial charge in [-0.15, -0.1) is 0 Å². The van der Waals surface area contributed by atoms with E-state index < -0.39 is 5.91 Å². The predicted octanol–water partition coefficient (Wildman–Crippen LogP) is 1.33. The van der Waals surface area contributed by atoms with Crippen molar-refractivity contribution in [3.63, 3.8) is 0 Å². The van der Waals surface area contributed by atoms with Crippen molar-refractivity contribution >= 4 is 17.3 Å². The van der Waals surface area contributed by atoms with Gasteiger partial charge in [0.25, 0.3) is 0 Å². The molecule has 0 spiro atoms. The molecule has 1 aromatic carbocycles. The topological polar surface area (TPSA) is 101 Å². The van der Waals surface area contributed by atoms with Crippen molar-refractivity contribution in [2.24, 2.45) is 11.7 Å². The highest BCUT2D eigenvalue weighted by Gasteiger charge is 2.20. The van der Waals surface area contributed by atoms with E-state index in [1.165, 1.54) is 0 Å². The highest BCUT2D eigenvalue weighted by atomic mass is 16.3. The lowest BCUT2D eigenvalue weighted by Gasteiger charge is -2.26. The Balaban J connectivity index is 1.94. The third kappa shape index (κ3) is 3.61.